The van der Waals surface area contributed by atoms with E-state index < -0.39 is 0 Å². The number of fused-ring (bicyclic) bond motifs is 5. The molecule has 5 aliphatic carbocycles. The van der Waals surface area contributed by atoms with Gasteiger partial charge in [0.25, 0.3) is 0 Å². The van der Waals surface area contributed by atoms with Crippen LogP contribution in [0.4, 0.5) is 98.6 Å². The Hall–Kier alpha value is -14.1. The fraction of sp³-hybridized carbons (Fsp3) is 0.462. The molecule has 0 spiro atoms. The highest BCUT2D eigenvalue weighted by atomic mass is 16.1. The number of nitrogens with two attached hydrogens (primary N) is 6. The minimum Gasteiger partial charge on any atom is -0.399 e. The standard InChI is InChI=1S/C23H32N8O.C21H30N8.3C20H27N7/c1-13(2)31-12-25-20-21(27-17-10-14(3)9-16(11-17)26-15(4)32)29-23(30-22(20)31)28-19-8-6-5-7-18(19)24;1-12(2)29-11-24-18-19(25-15-9-13(3)8-14(22)10-15)27-21(28-20(18)29)26-17-7-5-4-6-16(17)23;3*1-3-27-12-22-17-18(23-14-8-6-7-13(2)11-14)25-20(26-19(17)27)24-16-10-5-4-9-15(16)21/h9-13,18-19H,5-8,24H2,1-4H3,(H,26,32)(H2,27,28,29,30);8-12,16-17H,4-7,22-23H2,1-3H3,(H2,25,26,27,28);3*6-8,11-12,15-16H,3-5,9-10,21H2,1-2H3,(H2,23,24,25,26)/t18-,19+;16-,17+;15-,16+;2*15-,16-/m11110/s1. The number of nitrogens with zero attached hydrogens (tertiary/aromatic N) is 20. The number of aromatic nitrogens is 20. The van der Waals surface area contributed by atoms with Crippen LogP contribution in [0, 0.1) is 34.6 Å². The van der Waals surface area contributed by atoms with Crippen molar-refractivity contribution in [3.63, 3.8) is 0 Å². The van der Waals surface area contributed by atoms with Crippen LogP contribution >= 0.6 is 0 Å². The molecule has 750 valence electrons. The minimum absolute atomic E-state index is 0.0893. The largest absolute Gasteiger partial charge is 0.399 e. The Morgan fingerprint density at radius 1 is 0.317 bits per heavy atom. The van der Waals surface area contributed by atoms with Gasteiger partial charge in [-0.15, -0.1) is 0 Å². The first-order valence-electron chi connectivity index (χ1n) is 50.7. The van der Waals surface area contributed by atoms with E-state index in [-0.39, 0.29) is 78.4 Å². The second-order valence-electron chi connectivity index (χ2n) is 39.1. The molecule has 5 fully saturated rings. The highest BCUT2D eigenvalue weighted by Crippen LogP contribution is 2.37. The van der Waals surface area contributed by atoms with Crippen molar-refractivity contribution in [1.29, 1.82) is 0 Å². The highest BCUT2D eigenvalue weighted by molar-refractivity contribution is 5.93. The Kier molecular flexibility index (Phi) is 33.1. The van der Waals surface area contributed by atoms with Gasteiger partial charge in [-0.3, -0.25) is 4.79 Å². The smallest absolute Gasteiger partial charge is 0.227 e. The molecule has 142 heavy (non-hydrogen) atoms. The molecule has 1 amide bonds. The van der Waals surface area contributed by atoms with Crippen LogP contribution in [-0.2, 0) is 24.4 Å². The first kappa shape index (κ1) is 101. The number of carbonyl (C=O) groups is 1. The third-order valence-corrected chi connectivity index (χ3v) is 26.9. The van der Waals surface area contributed by atoms with E-state index in [1.165, 1.54) is 75.0 Å². The molecule has 5 aromatic carbocycles. The van der Waals surface area contributed by atoms with Gasteiger partial charge >= 0.3 is 0 Å². The quantitative estimate of drug-likeness (QED) is 0.0224. The number of hydrogen-bond acceptors (Lipinski definition) is 32. The number of carbonyl (C=O) groups excluding carboxylic acids is 1. The van der Waals surface area contributed by atoms with E-state index in [9.17, 15) is 4.79 Å². The van der Waals surface area contributed by atoms with E-state index in [2.05, 4.69) is 194 Å². The maximum absolute atomic E-state index is 11.5. The van der Waals surface area contributed by atoms with Crippen molar-refractivity contribution >= 4 is 160 Å². The third kappa shape index (κ3) is 25.4. The second kappa shape index (κ2) is 46.6. The van der Waals surface area contributed by atoms with Gasteiger partial charge in [0, 0.05) is 139 Å². The fourth-order valence-corrected chi connectivity index (χ4v) is 19.3. The summed E-state index contributed by atoms with van der Waals surface area (Å²) in [5.41, 5.74) is 57.2. The van der Waals surface area contributed by atoms with Crippen LogP contribution in [0.2, 0.25) is 0 Å². The Morgan fingerprint density at radius 3 is 0.845 bits per heavy atom. The molecule has 5 aliphatic rings. The number of rotatable bonds is 26. The number of nitrogens with one attached hydrogen (secondary N) is 11. The predicted octanol–water partition coefficient (Wildman–Crippen LogP) is 18.6. The normalized spacial score (nSPS) is 19.6. The van der Waals surface area contributed by atoms with E-state index in [1.807, 2.05) is 130 Å². The van der Waals surface area contributed by atoms with Gasteiger partial charge in [0.1, 0.15) is 0 Å². The van der Waals surface area contributed by atoms with Crippen molar-refractivity contribution in [3.05, 3.63) is 169 Å². The maximum Gasteiger partial charge on any atom is 0.227 e. The number of hydrogen-bond donors (Lipinski definition) is 17. The summed E-state index contributed by atoms with van der Waals surface area (Å²) in [5, 5.41) is 37.2. The van der Waals surface area contributed by atoms with Crippen LogP contribution < -0.4 is 92.9 Å². The lowest BCUT2D eigenvalue weighted by Crippen LogP contribution is -2.43. The van der Waals surface area contributed by atoms with Crippen LogP contribution in [0.25, 0.3) is 55.8 Å². The molecule has 10 atom stereocenters. The minimum atomic E-state index is -0.114. The number of amides is 1. The molecule has 0 unspecified atom stereocenters. The lowest BCUT2D eigenvalue weighted by molar-refractivity contribution is -0.114. The lowest BCUT2D eigenvalue weighted by Gasteiger charge is -2.29. The van der Waals surface area contributed by atoms with E-state index in [0.717, 1.165) is 192 Å². The molecule has 10 aromatic heterocycles. The van der Waals surface area contributed by atoms with E-state index in [1.54, 1.807) is 6.33 Å². The molecule has 0 aliphatic heterocycles. The average molecular weight is 1930 g/mol. The van der Waals surface area contributed by atoms with Crippen molar-refractivity contribution < 1.29 is 4.79 Å². The van der Waals surface area contributed by atoms with Crippen molar-refractivity contribution in [2.75, 3.05) is 64.2 Å². The van der Waals surface area contributed by atoms with Crippen LogP contribution in [0.3, 0.4) is 0 Å². The molecule has 15 aromatic rings. The first-order valence-corrected chi connectivity index (χ1v) is 50.7. The van der Waals surface area contributed by atoms with E-state index >= 15 is 0 Å². The molecule has 10 heterocycles. The second-order valence-corrected chi connectivity index (χ2v) is 39.1. The number of imidazole rings is 5. The van der Waals surface area contributed by atoms with Crippen LogP contribution in [0.5, 0.6) is 0 Å². The molecule has 0 bridgehead atoms. The van der Waals surface area contributed by atoms with E-state index in [0.29, 0.717) is 70.0 Å². The van der Waals surface area contributed by atoms with Crippen molar-refractivity contribution in [2.24, 2.45) is 28.7 Å². The van der Waals surface area contributed by atoms with Gasteiger partial charge in [0.05, 0.1) is 31.6 Å². The summed E-state index contributed by atoms with van der Waals surface area (Å²) in [6.45, 7) is 28.8. The van der Waals surface area contributed by atoms with Crippen LogP contribution in [0.15, 0.2) is 141 Å². The topological polar surface area (TPSA) is 524 Å². The number of aryl methyl sites for hydroxylation is 8. The third-order valence-electron chi connectivity index (χ3n) is 26.9. The van der Waals surface area contributed by atoms with Gasteiger partial charge in [0.2, 0.25) is 35.6 Å². The summed E-state index contributed by atoms with van der Waals surface area (Å²) in [4.78, 5) is 81.8. The van der Waals surface area contributed by atoms with Crippen LogP contribution in [-0.4, -0.2) is 164 Å². The van der Waals surface area contributed by atoms with Crippen LogP contribution in [0.1, 0.15) is 224 Å². The lowest BCUT2D eigenvalue weighted by atomic mass is 9.91. The Labute approximate surface area is 830 Å². The summed E-state index contributed by atoms with van der Waals surface area (Å²) < 4.78 is 10.2. The molecule has 38 heteroatoms. The summed E-state index contributed by atoms with van der Waals surface area (Å²) in [7, 11) is 0. The fourth-order valence-electron chi connectivity index (χ4n) is 19.3. The van der Waals surface area contributed by atoms with Gasteiger partial charge in [0.15, 0.2) is 84.9 Å². The first-order chi connectivity index (χ1) is 68.6. The summed E-state index contributed by atoms with van der Waals surface area (Å²) in [6.07, 6.45) is 31.2. The summed E-state index contributed by atoms with van der Waals surface area (Å²) >= 11 is 0. The zero-order chi connectivity index (χ0) is 99.8. The number of nitrogen functional groups attached to an aromatic ring is 1. The van der Waals surface area contributed by atoms with E-state index in [4.69, 9.17) is 84.2 Å². The zero-order valence-corrected chi connectivity index (χ0v) is 84.3. The van der Waals surface area contributed by atoms with Crippen molar-refractivity contribution in [1.82, 2.24) is 97.6 Å². The van der Waals surface area contributed by atoms with Gasteiger partial charge in [-0.25, -0.2) is 24.9 Å². The molecule has 23 N–H and O–H groups in total. The maximum atomic E-state index is 11.5. The molecular formula is C104H143N37O. The molecular weight excluding hydrogens is 1780 g/mol. The monoisotopic (exact) mass is 1930 g/mol. The molecule has 20 rings (SSSR count). The van der Waals surface area contributed by atoms with Gasteiger partial charge in [-0.05, 0) is 248 Å². The van der Waals surface area contributed by atoms with Gasteiger partial charge in [-0.2, -0.15) is 49.8 Å². The summed E-state index contributed by atoms with van der Waals surface area (Å²) in [6, 6.07) is 38.4. The molecule has 5 saturated carbocycles. The van der Waals surface area contributed by atoms with Crippen molar-refractivity contribution in [3.8, 4) is 0 Å². The Balaban J connectivity index is 0.000000128. The zero-order valence-electron chi connectivity index (χ0n) is 84.3. The van der Waals surface area contributed by atoms with Crippen molar-refractivity contribution in [2.45, 2.75) is 311 Å². The highest BCUT2D eigenvalue weighted by Gasteiger charge is 2.31. The molecule has 0 radical (unpaired) electrons. The van der Waals surface area contributed by atoms with Gasteiger partial charge < -0.3 is 116 Å². The van der Waals surface area contributed by atoms with Gasteiger partial charge in [-0.1, -0.05) is 101 Å². The molecule has 0 saturated heterocycles. The number of anilines is 17. The average Bonchev–Trinajstić information content (AvgIpc) is 1.70. The Morgan fingerprint density at radius 2 is 0.570 bits per heavy atom. The summed E-state index contributed by atoms with van der Waals surface area (Å²) in [5.74, 6) is 6.23. The SMILES string of the molecule is CC(=O)Nc1cc(C)cc(Nc2nc(N[C@H]3CCCC[C@H]3N)nc3c2ncn3C(C)C)c1.CCn1cnc2c(Nc3cccc(C)c3)nc(N[C@@H]3CCCC[C@H]3N)nc21.CCn1cnc2c(Nc3cccc(C)c3)nc(N[C@H]3CCCC[C@@H]3N)nc21.CCn1cnc2c(Nc3cccc(C)c3)nc(N[C@H]3CCCC[C@H]3N)nc21.Cc1cc(N)cc(Nc2nc(N[C@H]3CCCC[C@H]3N)nc3c2ncn3C(C)C)c1. The molecule has 38 nitrogen and oxygen atoms in total. The number of benzene rings is 5. The predicted molar refractivity (Wildman–Crippen MR) is 575 cm³/mol. The Bertz CT molecular complexity index is 6410.